The molecule has 0 radical (unpaired) electrons. The van der Waals surface area contributed by atoms with E-state index < -0.39 is 0 Å². The van der Waals surface area contributed by atoms with E-state index in [2.05, 4.69) is 12.1 Å². The minimum absolute atomic E-state index is 0.0881. The Labute approximate surface area is 141 Å². The Balaban J connectivity index is 1.93. The summed E-state index contributed by atoms with van der Waals surface area (Å²) in [6.07, 6.45) is 1.84. The molecule has 1 aliphatic rings. The van der Waals surface area contributed by atoms with Gasteiger partial charge in [0.1, 0.15) is 0 Å². The molecule has 3 heteroatoms. The van der Waals surface area contributed by atoms with E-state index >= 15 is 0 Å². The second kappa shape index (κ2) is 5.85. The van der Waals surface area contributed by atoms with Crippen molar-refractivity contribution in [3.05, 3.63) is 89.5 Å². The van der Waals surface area contributed by atoms with E-state index in [1.807, 2.05) is 53.4 Å². The zero-order valence-electron chi connectivity index (χ0n) is 13.3. The molecule has 1 amide bonds. The van der Waals surface area contributed by atoms with Crippen LogP contribution in [-0.2, 0) is 12.8 Å². The Morgan fingerprint density at radius 3 is 1.83 bits per heavy atom. The Morgan fingerprint density at radius 1 is 0.750 bits per heavy atom. The summed E-state index contributed by atoms with van der Waals surface area (Å²) in [5.41, 5.74) is 11.3. The van der Waals surface area contributed by atoms with Crippen LogP contribution in [0.3, 0.4) is 0 Å². The van der Waals surface area contributed by atoms with Crippen molar-refractivity contribution in [1.29, 1.82) is 0 Å². The van der Waals surface area contributed by atoms with Crippen molar-refractivity contribution in [1.82, 2.24) is 0 Å². The van der Waals surface area contributed by atoms with Crippen molar-refractivity contribution in [2.75, 3.05) is 10.6 Å². The van der Waals surface area contributed by atoms with Crippen molar-refractivity contribution < 1.29 is 4.79 Å². The first-order valence-corrected chi connectivity index (χ1v) is 8.10. The van der Waals surface area contributed by atoms with Crippen LogP contribution >= 0.6 is 0 Å². The molecule has 118 valence electrons. The number of para-hydroxylation sites is 3. The molecule has 0 bridgehead atoms. The highest BCUT2D eigenvalue weighted by molar-refractivity contribution is 6.14. The topological polar surface area (TPSA) is 46.3 Å². The van der Waals surface area contributed by atoms with Gasteiger partial charge in [0.15, 0.2) is 0 Å². The van der Waals surface area contributed by atoms with E-state index in [0.29, 0.717) is 11.3 Å². The number of nitrogens with two attached hydrogens (primary N) is 1. The van der Waals surface area contributed by atoms with Gasteiger partial charge in [-0.2, -0.15) is 0 Å². The van der Waals surface area contributed by atoms with Gasteiger partial charge in [-0.15, -0.1) is 0 Å². The van der Waals surface area contributed by atoms with Crippen LogP contribution in [-0.4, -0.2) is 5.91 Å². The number of nitrogens with zero attached hydrogens (tertiary/aromatic N) is 1. The smallest absolute Gasteiger partial charge is 0.264 e. The van der Waals surface area contributed by atoms with E-state index in [-0.39, 0.29) is 5.91 Å². The van der Waals surface area contributed by atoms with Crippen LogP contribution in [0.5, 0.6) is 0 Å². The SMILES string of the molecule is Nc1ccccc1C(=O)N1c2ccccc2CCc2ccccc21. The minimum atomic E-state index is -0.0881. The number of anilines is 3. The number of amides is 1. The third-order valence-corrected chi connectivity index (χ3v) is 4.52. The van der Waals surface area contributed by atoms with Crippen LogP contribution in [0.25, 0.3) is 0 Å². The van der Waals surface area contributed by atoms with Crippen LogP contribution < -0.4 is 10.6 Å². The van der Waals surface area contributed by atoms with Gasteiger partial charge >= 0.3 is 0 Å². The zero-order chi connectivity index (χ0) is 16.5. The lowest BCUT2D eigenvalue weighted by Crippen LogP contribution is -2.27. The van der Waals surface area contributed by atoms with Gasteiger partial charge in [-0.3, -0.25) is 9.69 Å². The Bertz CT molecular complexity index is 869. The van der Waals surface area contributed by atoms with Gasteiger partial charge in [-0.25, -0.2) is 0 Å². The first-order valence-electron chi connectivity index (χ1n) is 8.10. The molecule has 0 aliphatic carbocycles. The van der Waals surface area contributed by atoms with Crippen molar-refractivity contribution in [2.45, 2.75) is 12.8 Å². The van der Waals surface area contributed by atoms with Gasteiger partial charge in [0.25, 0.3) is 5.91 Å². The van der Waals surface area contributed by atoms with Crippen molar-refractivity contribution in [3.8, 4) is 0 Å². The summed E-state index contributed by atoms with van der Waals surface area (Å²) in [5.74, 6) is -0.0881. The summed E-state index contributed by atoms with van der Waals surface area (Å²) in [6, 6.07) is 23.4. The van der Waals surface area contributed by atoms with Gasteiger partial charge in [0, 0.05) is 5.69 Å². The lowest BCUT2D eigenvalue weighted by atomic mass is 10.0. The highest BCUT2D eigenvalue weighted by Gasteiger charge is 2.27. The molecule has 0 atom stereocenters. The number of aryl methyl sites for hydroxylation is 2. The molecule has 1 heterocycles. The molecule has 0 unspecified atom stereocenters. The molecule has 0 aromatic heterocycles. The summed E-state index contributed by atoms with van der Waals surface area (Å²) in [5, 5.41) is 0. The number of fused-ring (bicyclic) bond motifs is 2. The summed E-state index contributed by atoms with van der Waals surface area (Å²) < 4.78 is 0. The molecule has 0 fully saturated rings. The van der Waals surface area contributed by atoms with Crippen LogP contribution in [0, 0.1) is 0 Å². The lowest BCUT2D eigenvalue weighted by Gasteiger charge is -2.25. The molecule has 4 rings (SSSR count). The molecule has 0 spiro atoms. The van der Waals surface area contributed by atoms with Crippen LogP contribution in [0.2, 0.25) is 0 Å². The Kier molecular flexibility index (Phi) is 3.54. The quantitative estimate of drug-likeness (QED) is 0.679. The number of hydrogen-bond donors (Lipinski definition) is 1. The molecule has 2 N–H and O–H groups in total. The molecule has 3 aromatic carbocycles. The molecule has 3 nitrogen and oxygen atoms in total. The fourth-order valence-corrected chi connectivity index (χ4v) is 3.31. The molecule has 24 heavy (non-hydrogen) atoms. The highest BCUT2D eigenvalue weighted by Crippen LogP contribution is 2.37. The molecular formula is C21H18N2O. The molecule has 1 aliphatic heterocycles. The van der Waals surface area contributed by atoms with Crippen molar-refractivity contribution in [3.63, 3.8) is 0 Å². The lowest BCUT2D eigenvalue weighted by molar-refractivity contribution is 0.1000. The average molecular weight is 314 g/mol. The normalized spacial score (nSPS) is 12.9. The number of rotatable bonds is 1. The number of benzene rings is 3. The third-order valence-electron chi connectivity index (χ3n) is 4.52. The maximum Gasteiger partial charge on any atom is 0.264 e. The molecule has 0 saturated carbocycles. The number of carbonyl (C=O) groups is 1. The fourth-order valence-electron chi connectivity index (χ4n) is 3.31. The van der Waals surface area contributed by atoms with Gasteiger partial charge in [0.2, 0.25) is 0 Å². The second-order valence-electron chi connectivity index (χ2n) is 5.99. The first kappa shape index (κ1) is 14.5. The highest BCUT2D eigenvalue weighted by atomic mass is 16.2. The fraction of sp³-hybridized carbons (Fsp3) is 0.0952. The summed E-state index contributed by atoms with van der Waals surface area (Å²) in [4.78, 5) is 15.2. The van der Waals surface area contributed by atoms with Crippen LogP contribution in [0.1, 0.15) is 21.5 Å². The molecular weight excluding hydrogens is 296 g/mol. The van der Waals surface area contributed by atoms with Gasteiger partial charge < -0.3 is 5.73 Å². The number of nitrogen functional groups attached to an aromatic ring is 1. The predicted molar refractivity (Wildman–Crippen MR) is 97.6 cm³/mol. The van der Waals surface area contributed by atoms with E-state index in [4.69, 9.17) is 5.73 Å². The average Bonchev–Trinajstić information content (AvgIpc) is 2.78. The molecule has 3 aromatic rings. The van der Waals surface area contributed by atoms with Crippen LogP contribution in [0.4, 0.5) is 17.1 Å². The minimum Gasteiger partial charge on any atom is -0.398 e. The molecule has 0 saturated heterocycles. The van der Waals surface area contributed by atoms with E-state index in [1.165, 1.54) is 11.1 Å². The van der Waals surface area contributed by atoms with Crippen molar-refractivity contribution in [2.24, 2.45) is 0 Å². The zero-order valence-corrected chi connectivity index (χ0v) is 13.3. The summed E-state index contributed by atoms with van der Waals surface area (Å²) in [7, 11) is 0. The summed E-state index contributed by atoms with van der Waals surface area (Å²) in [6.45, 7) is 0. The van der Waals surface area contributed by atoms with E-state index in [9.17, 15) is 4.79 Å². The first-order chi connectivity index (χ1) is 11.8. The number of hydrogen-bond acceptors (Lipinski definition) is 2. The summed E-state index contributed by atoms with van der Waals surface area (Å²) >= 11 is 0. The maximum atomic E-state index is 13.3. The number of carbonyl (C=O) groups excluding carboxylic acids is 1. The Hall–Kier alpha value is -3.07. The van der Waals surface area contributed by atoms with Crippen molar-refractivity contribution >= 4 is 23.0 Å². The van der Waals surface area contributed by atoms with Gasteiger partial charge in [0.05, 0.1) is 16.9 Å². The third kappa shape index (κ3) is 2.35. The van der Waals surface area contributed by atoms with Gasteiger partial charge in [-0.1, -0.05) is 48.5 Å². The monoisotopic (exact) mass is 314 g/mol. The predicted octanol–water partition coefficient (Wildman–Crippen LogP) is 4.35. The van der Waals surface area contributed by atoms with E-state index in [1.54, 1.807) is 12.1 Å². The van der Waals surface area contributed by atoms with Gasteiger partial charge in [-0.05, 0) is 48.2 Å². The maximum absolute atomic E-state index is 13.3. The van der Waals surface area contributed by atoms with Crippen LogP contribution in [0.15, 0.2) is 72.8 Å². The second-order valence-corrected chi connectivity index (χ2v) is 5.99. The standard InChI is InChI=1S/C21H18N2O/c22-18-10-4-3-9-17(18)21(24)23-19-11-5-1-7-15(19)13-14-16-8-2-6-12-20(16)23/h1-12H,13-14,22H2. The largest absolute Gasteiger partial charge is 0.398 e. The Morgan fingerprint density at radius 2 is 1.25 bits per heavy atom. The van der Waals surface area contributed by atoms with E-state index in [0.717, 1.165) is 24.2 Å².